The minimum atomic E-state index is 0.238. The lowest BCUT2D eigenvalue weighted by Gasteiger charge is -2.30. The zero-order valence-electron chi connectivity index (χ0n) is 16.4. The Kier molecular flexibility index (Phi) is 5.22. The molecule has 2 aliphatic carbocycles. The first kappa shape index (κ1) is 18.7. The number of carbonyl (C=O) groups excluding carboxylic acids is 1. The van der Waals surface area contributed by atoms with Crippen LogP contribution < -0.4 is 0 Å². The Bertz CT molecular complexity index is 828. The van der Waals surface area contributed by atoms with Gasteiger partial charge in [0.25, 0.3) is 0 Å². The molecule has 0 spiro atoms. The third-order valence-electron chi connectivity index (χ3n) is 7.01. The van der Waals surface area contributed by atoms with E-state index in [0.29, 0.717) is 17.7 Å². The van der Waals surface area contributed by atoms with Crippen LogP contribution in [0.5, 0.6) is 0 Å². The standard InChI is InChI=1S/C21H28N4OS2/c1-14(17-12-15-6-7-16(17)11-15)25-20(18-5-4-10-27-18)22-23-21(25)28-13-19(26)24-8-2-3-9-24/h4-5,10,14-17H,2-3,6-9,11-13H2,1H3. The predicted molar refractivity (Wildman–Crippen MR) is 114 cm³/mol. The van der Waals surface area contributed by atoms with Crippen LogP contribution in [0.3, 0.4) is 0 Å². The summed E-state index contributed by atoms with van der Waals surface area (Å²) in [6, 6.07) is 4.58. The molecule has 2 bridgehead atoms. The number of thiophene rings is 1. The number of carbonyl (C=O) groups is 1. The summed E-state index contributed by atoms with van der Waals surface area (Å²) in [6.45, 7) is 4.17. The molecular formula is C21H28N4OS2. The third-order valence-corrected chi connectivity index (χ3v) is 8.80. The van der Waals surface area contributed by atoms with Crippen molar-refractivity contribution < 1.29 is 4.79 Å². The Balaban J connectivity index is 1.40. The molecule has 0 aromatic carbocycles. The lowest BCUT2D eigenvalue weighted by Crippen LogP contribution is -2.29. The predicted octanol–water partition coefficient (Wildman–Crippen LogP) is 4.72. The lowest BCUT2D eigenvalue weighted by molar-refractivity contribution is -0.127. The van der Waals surface area contributed by atoms with E-state index in [1.54, 1.807) is 23.1 Å². The molecule has 3 heterocycles. The van der Waals surface area contributed by atoms with Crippen LogP contribution in [-0.4, -0.2) is 44.4 Å². The van der Waals surface area contributed by atoms with Gasteiger partial charge in [-0.3, -0.25) is 9.36 Å². The Morgan fingerprint density at radius 3 is 2.82 bits per heavy atom. The zero-order valence-corrected chi connectivity index (χ0v) is 18.1. The highest BCUT2D eigenvalue weighted by molar-refractivity contribution is 7.99. The number of amides is 1. The Labute approximate surface area is 174 Å². The van der Waals surface area contributed by atoms with Crippen LogP contribution in [0.1, 0.15) is 51.5 Å². The van der Waals surface area contributed by atoms with Crippen LogP contribution >= 0.6 is 23.1 Å². The quantitative estimate of drug-likeness (QED) is 0.640. The fourth-order valence-corrected chi connectivity index (χ4v) is 7.21. The van der Waals surface area contributed by atoms with Gasteiger partial charge in [0.2, 0.25) is 5.91 Å². The molecule has 2 saturated carbocycles. The molecule has 5 rings (SSSR count). The normalized spacial score (nSPS) is 27.6. The van der Waals surface area contributed by atoms with Crippen molar-refractivity contribution in [3.8, 4) is 10.7 Å². The molecule has 3 aliphatic rings. The van der Waals surface area contributed by atoms with Gasteiger partial charge in [0.1, 0.15) is 0 Å². The first-order valence-electron chi connectivity index (χ1n) is 10.6. The van der Waals surface area contributed by atoms with E-state index in [2.05, 4.69) is 39.2 Å². The largest absolute Gasteiger partial charge is 0.342 e. The fraction of sp³-hybridized carbons (Fsp3) is 0.667. The monoisotopic (exact) mass is 416 g/mol. The van der Waals surface area contributed by atoms with Crippen molar-refractivity contribution in [2.24, 2.45) is 17.8 Å². The summed E-state index contributed by atoms with van der Waals surface area (Å²) in [5.41, 5.74) is 0. The van der Waals surface area contributed by atoms with E-state index in [4.69, 9.17) is 0 Å². The summed E-state index contributed by atoms with van der Waals surface area (Å²) in [5.74, 6) is 4.16. The SMILES string of the molecule is CC(C1CC2CCC1C2)n1c(SCC(=O)N2CCCC2)nnc1-c1cccs1. The summed E-state index contributed by atoms with van der Waals surface area (Å²) >= 11 is 3.29. The van der Waals surface area contributed by atoms with Crippen molar-refractivity contribution in [3.63, 3.8) is 0 Å². The van der Waals surface area contributed by atoms with E-state index in [1.807, 2.05) is 4.90 Å². The topological polar surface area (TPSA) is 51.0 Å². The van der Waals surface area contributed by atoms with Crippen molar-refractivity contribution in [1.82, 2.24) is 19.7 Å². The number of hydrogen-bond donors (Lipinski definition) is 0. The highest BCUT2D eigenvalue weighted by atomic mass is 32.2. The van der Waals surface area contributed by atoms with E-state index in [1.165, 1.54) is 30.6 Å². The number of nitrogens with zero attached hydrogens (tertiary/aromatic N) is 4. The van der Waals surface area contributed by atoms with Gasteiger partial charge in [0.15, 0.2) is 11.0 Å². The number of likely N-dealkylation sites (tertiary alicyclic amines) is 1. The van der Waals surface area contributed by atoms with Crippen LogP contribution in [0.2, 0.25) is 0 Å². The number of fused-ring (bicyclic) bond motifs is 2. The summed E-state index contributed by atoms with van der Waals surface area (Å²) in [6.07, 6.45) is 7.81. The molecule has 0 N–H and O–H groups in total. The van der Waals surface area contributed by atoms with Crippen LogP contribution in [0.4, 0.5) is 0 Å². The average molecular weight is 417 g/mol. The minimum absolute atomic E-state index is 0.238. The van der Waals surface area contributed by atoms with Crippen molar-refractivity contribution in [1.29, 1.82) is 0 Å². The maximum absolute atomic E-state index is 12.5. The molecule has 1 amide bonds. The highest BCUT2D eigenvalue weighted by Gasteiger charge is 2.43. The van der Waals surface area contributed by atoms with Gasteiger partial charge in [0, 0.05) is 19.1 Å². The van der Waals surface area contributed by atoms with Gasteiger partial charge >= 0.3 is 0 Å². The molecule has 4 unspecified atom stereocenters. The molecule has 1 saturated heterocycles. The van der Waals surface area contributed by atoms with Crippen molar-refractivity contribution in [2.45, 2.75) is 56.6 Å². The highest BCUT2D eigenvalue weighted by Crippen LogP contribution is 2.53. The smallest absolute Gasteiger partial charge is 0.233 e. The van der Waals surface area contributed by atoms with E-state index in [9.17, 15) is 4.79 Å². The van der Waals surface area contributed by atoms with E-state index >= 15 is 0 Å². The van der Waals surface area contributed by atoms with Crippen LogP contribution in [-0.2, 0) is 4.79 Å². The van der Waals surface area contributed by atoms with Gasteiger partial charge < -0.3 is 4.90 Å². The third kappa shape index (κ3) is 3.41. The van der Waals surface area contributed by atoms with E-state index < -0.39 is 0 Å². The fourth-order valence-electron chi connectivity index (χ4n) is 5.58. The van der Waals surface area contributed by atoms with Gasteiger partial charge in [-0.1, -0.05) is 24.2 Å². The maximum atomic E-state index is 12.5. The van der Waals surface area contributed by atoms with E-state index in [0.717, 1.165) is 48.7 Å². The Morgan fingerprint density at radius 1 is 1.29 bits per heavy atom. The molecule has 1 aliphatic heterocycles. The maximum Gasteiger partial charge on any atom is 0.233 e. The first-order chi connectivity index (χ1) is 13.7. The Hall–Kier alpha value is -1.34. The summed E-state index contributed by atoms with van der Waals surface area (Å²) < 4.78 is 2.35. The first-order valence-corrected chi connectivity index (χ1v) is 12.5. The molecule has 2 aromatic rings. The van der Waals surface area contributed by atoms with Crippen molar-refractivity contribution in [2.75, 3.05) is 18.8 Å². The number of hydrogen-bond acceptors (Lipinski definition) is 5. The number of rotatable bonds is 6. The lowest BCUT2D eigenvalue weighted by atomic mass is 9.84. The zero-order chi connectivity index (χ0) is 19.1. The number of thioether (sulfide) groups is 1. The van der Waals surface area contributed by atoms with Crippen LogP contribution in [0.15, 0.2) is 22.7 Å². The Morgan fingerprint density at radius 2 is 2.14 bits per heavy atom. The van der Waals surface area contributed by atoms with Crippen LogP contribution in [0.25, 0.3) is 10.7 Å². The van der Waals surface area contributed by atoms with Crippen LogP contribution in [0, 0.1) is 17.8 Å². The molecule has 150 valence electrons. The average Bonchev–Trinajstić information content (AvgIpc) is 3.53. The van der Waals surface area contributed by atoms with Crippen molar-refractivity contribution >= 4 is 29.0 Å². The van der Waals surface area contributed by atoms with Gasteiger partial charge in [-0.15, -0.1) is 21.5 Å². The summed E-state index contributed by atoms with van der Waals surface area (Å²) in [5, 5.41) is 12.1. The van der Waals surface area contributed by atoms with Gasteiger partial charge in [-0.25, -0.2) is 0 Å². The molecule has 0 radical (unpaired) electrons. The van der Waals surface area contributed by atoms with Gasteiger partial charge in [-0.05, 0) is 68.2 Å². The molecule has 7 heteroatoms. The molecule has 4 atom stereocenters. The second-order valence-electron chi connectivity index (χ2n) is 8.61. The molecule has 3 fully saturated rings. The summed E-state index contributed by atoms with van der Waals surface area (Å²) in [7, 11) is 0. The molecule has 5 nitrogen and oxygen atoms in total. The minimum Gasteiger partial charge on any atom is -0.342 e. The van der Waals surface area contributed by atoms with Gasteiger partial charge in [0.05, 0.1) is 10.6 Å². The second kappa shape index (κ2) is 7.82. The molecular weight excluding hydrogens is 388 g/mol. The van der Waals surface area contributed by atoms with Crippen molar-refractivity contribution in [3.05, 3.63) is 17.5 Å². The molecule has 28 heavy (non-hydrogen) atoms. The number of aromatic nitrogens is 3. The molecule has 2 aromatic heterocycles. The van der Waals surface area contributed by atoms with E-state index in [-0.39, 0.29) is 5.91 Å². The second-order valence-corrected chi connectivity index (χ2v) is 10.5. The summed E-state index contributed by atoms with van der Waals surface area (Å²) in [4.78, 5) is 15.7. The van der Waals surface area contributed by atoms with Gasteiger partial charge in [-0.2, -0.15) is 0 Å².